The van der Waals surface area contributed by atoms with E-state index in [9.17, 15) is 23.1 Å². The zero-order chi connectivity index (χ0) is 20.3. The van der Waals surface area contributed by atoms with Crippen molar-refractivity contribution >= 4 is 22.6 Å². The fourth-order valence-electron chi connectivity index (χ4n) is 3.48. The van der Waals surface area contributed by atoms with Crippen LogP contribution < -0.4 is 0 Å². The van der Waals surface area contributed by atoms with Gasteiger partial charge in [-0.3, -0.25) is 0 Å². The van der Waals surface area contributed by atoms with Crippen LogP contribution in [-0.2, 0) is 6.18 Å². The highest BCUT2D eigenvalue weighted by Gasteiger charge is 2.37. The number of rotatable bonds is 3. The SMILES string of the molecule is O=C(O)c1cc(-c2ccccc2)nc2c3c(C4CC4)cc(C(F)(F)F)nc3nn12. The standard InChI is InChI=1S/C20H13F3N4O2/c21-20(22,23)15-8-12(10-6-7-10)16-17(25-15)26-27-14(19(28)29)9-13(24-18(16)27)11-4-2-1-3-5-11/h1-5,8-10H,6-7H2,(H,28,29). The van der Waals surface area contributed by atoms with Gasteiger partial charge in [0.05, 0.1) is 11.1 Å². The van der Waals surface area contributed by atoms with Crippen molar-refractivity contribution in [3.63, 3.8) is 0 Å². The van der Waals surface area contributed by atoms with Crippen molar-refractivity contribution in [2.24, 2.45) is 0 Å². The topological polar surface area (TPSA) is 80.4 Å². The average molecular weight is 398 g/mol. The smallest absolute Gasteiger partial charge is 0.433 e. The molecule has 1 N–H and O–H groups in total. The minimum Gasteiger partial charge on any atom is -0.477 e. The van der Waals surface area contributed by atoms with Crippen LogP contribution in [0.4, 0.5) is 13.2 Å². The fraction of sp³-hybridized carbons (Fsp3) is 0.200. The van der Waals surface area contributed by atoms with Crippen LogP contribution in [0.25, 0.3) is 27.9 Å². The number of carboxylic acids is 1. The molecule has 146 valence electrons. The number of nitrogens with zero attached hydrogens (tertiary/aromatic N) is 4. The van der Waals surface area contributed by atoms with Crippen molar-refractivity contribution in [1.82, 2.24) is 19.6 Å². The van der Waals surface area contributed by atoms with Gasteiger partial charge in [-0.1, -0.05) is 30.3 Å². The summed E-state index contributed by atoms with van der Waals surface area (Å²) in [5, 5.41) is 14.1. The minimum absolute atomic E-state index is 0.0370. The molecule has 29 heavy (non-hydrogen) atoms. The number of hydrogen-bond acceptors (Lipinski definition) is 4. The van der Waals surface area contributed by atoms with E-state index >= 15 is 0 Å². The van der Waals surface area contributed by atoms with Gasteiger partial charge in [-0.05, 0) is 36.5 Å². The number of alkyl halides is 3. The number of aromatic carboxylic acids is 1. The van der Waals surface area contributed by atoms with Gasteiger partial charge in [0.25, 0.3) is 0 Å². The lowest BCUT2D eigenvalue weighted by atomic mass is 10.1. The molecule has 1 aliphatic rings. The predicted octanol–water partition coefficient (Wildman–Crippen LogP) is 4.54. The summed E-state index contributed by atoms with van der Waals surface area (Å²) in [6, 6.07) is 11.4. The summed E-state index contributed by atoms with van der Waals surface area (Å²) in [6.45, 7) is 0. The van der Waals surface area contributed by atoms with Crippen LogP contribution in [0.2, 0.25) is 0 Å². The zero-order valence-corrected chi connectivity index (χ0v) is 14.8. The molecule has 1 aromatic carbocycles. The van der Waals surface area contributed by atoms with Crippen LogP contribution in [0, 0.1) is 0 Å². The molecule has 0 aliphatic heterocycles. The summed E-state index contributed by atoms with van der Waals surface area (Å²) >= 11 is 0. The molecule has 0 unspecified atom stereocenters. The van der Waals surface area contributed by atoms with Crippen molar-refractivity contribution in [1.29, 1.82) is 0 Å². The molecule has 0 saturated heterocycles. The molecular weight excluding hydrogens is 385 g/mol. The first-order valence-electron chi connectivity index (χ1n) is 8.93. The van der Waals surface area contributed by atoms with Crippen molar-refractivity contribution in [2.75, 3.05) is 0 Å². The average Bonchev–Trinajstić information content (AvgIpc) is 3.46. The van der Waals surface area contributed by atoms with Crippen LogP contribution in [0.15, 0.2) is 42.5 Å². The molecule has 0 spiro atoms. The van der Waals surface area contributed by atoms with Gasteiger partial charge in [-0.2, -0.15) is 13.2 Å². The molecule has 5 rings (SSSR count). The molecular formula is C20H13F3N4O2. The number of benzene rings is 1. The molecule has 1 aliphatic carbocycles. The third kappa shape index (κ3) is 2.89. The fourth-order valence-corrected chi connectivity index (χ4v) is 3.48. The van der Waals surface area contributed by atoms with Crippen LogP contribution in [-0.4, -0.2) is 30.7 Å². The Morgan fingerprint density at radius 2 is 1.83 bits per heavy atom. The van der Waals surface area contributed by atoms with Crippen LogP contribution >= 0.6 is 0 Å². The van der Waals surface area contributed by atoms with Gasteiger partial charge in [-0.15, -0.1) is 5.10 Å². The maximum Gasteiger partial charge on any atom is 0.433 e. The Labute approximate surface area is 161 Å². The first-order chi connectivity index (χ1) is 13.8. The lowest BCUT2D eigenvalue weighted by Crippen LogP contribution is -2.09. The van der Waals surface area contributed by atoms with E-state index in [1.165, 1.54) is 6.07 Å². The molecule has 1 saturated carbocycles. The molecule has 4 aromatic rings. The Balaban J connectivity index is 1.89. The number of halogens is 3. The summed E-state index contributed by atoms with van der Waals surface area (Å²) in [7, 11) is 0. The summed E-state index contributed by atoms with van der Waals surface area (Å²) in [6.07, 6.45) is -3.10. The van der Waals surface area contributed by atoms with Crippen LogP contribution in [0.1, 0.15) is 40.5 Å². The van der Waals surface area contributed by atoms with Crippen molar-refractivity contribution in [3.05, 3.63) is 59.4 Å². The maximum absolute atomic E-state index is 13.3. The third-order valence-corrected chi connectivity index (χ3v) is 4.97. The first-order valence-corrected chi connectivity index (χ1v) is 8.93. The predicted molar refractivity (Wildman–Crippen MR) is 97.7 cm³/mol. The van der Waals surface area contributed by atoms with Crippen molar-refractivity contribution < 1.29 is 23.1 Å². The van der Waals surface area contributed by atoms with Crippen molar-refractivity contribution in [3.8, 4) is 11.3 Å². The van der Waals surface area contributed by atoms with Gasteiger partial charge in [0.15, 0.2) is 17.0 Å². The molecule has 0 radical (unpaired) electrons. The van der Waals surface area contributed by atoms with E-state index in [0.29, 0.717) is 22.2 Å². The van der Waals surface area contributed by atoms with E-state index in [4.69, 9.17) is 0 Å². The van der Waals surface area contributed by atoms with Gasteiger partial charge in [0.2, 0.25) is 0 Å². The molecule has 0 amide bonds. The van der Waals surface area contributed by atoms with E-state index < -0.39 is 17.8 Å². The zero-order valence-electron chi connectivity index (χ0n) is 14.8. The van der Waals surface area contributed by atoms with E-state index in [1.807, 2.05) is 6.07 Å². The molecule has 3 aromatic heterocycles. The van der Waals surface area contributed by atoms with E-state index in [-0.39, 0.29) is 22.9 Å². The van der Waals surface area contributed by atoms with E-state index in [0.717, 1.165) is 23.4 Å². The van der Waals surface area contributed by atoms with E-state index in [2.05, 4.69) is 15.1 Å². The second kappa shape index (κ2) is 6.00. The molecule has 9 heteroatoms. The molecule has 6 nitrogen and oxygen atoms in total. The lowest BCUT2D eigenvalue weighted by Gasteiger charge is -2.09. The minimum atomic E-state index is -4.62. The number of carbonyl (C=O) groups is 1. The maximum atomic E-state index is 13.3. The Hall–Kier alpha value is -3.49. The van der Waals surface area contributed by atoms with Gasteiger partial charge in [0, 0.05) is 5.56 Å². The second-order valence-corrected chi connectivity index (χ2v) is 7.00. The summed E-state index contributed by atoms with van der Waals surface area (Å²) < 4.78 is 41.0. The van der Waals surface area contributed by atoms with Crippen LogP contribution in [0.3, 0.4) is 0 Å². The second-order valence-electron chi connectivity index (χ2n) is 7.00. The van der Waals surface area contributed by atoms with Gasteiger partial charge < -0.3 is 5.11 Å². The first kappa shape index (κ1) is 17.6. The van der Waals surface area contributed by atoms with Crippen LogP contribution in [0.5, 0.6) is 0 Å². The quantitative estimate of drug-likeness (QED) is 0.548. The number of aromatic nitrogens is 4. The largest absolute Gasteiger partial charge is 0.477 e. The Kier molecular flexibility index (Phi) is 3.64. The molecule has 1 fully saturated rings. The molecule has 0 bridgehead atoms. The Bertz CT molecular complexity index is 1280. The third-order valence-electron chi connectivity index (χ3n) is 4.97. The lowest BCUT2D eigenvalue weighted by molar-refractivity contribution is -0.141. The highest BCUT2D eigenvalue weighted by atomic mass is 19.4. The monoisotopic (exact) mass is 398 g/mol. The Morgan fingerprint density at radius 3 is 2.45 bits per heavy atom. The van der Waals surface area contributed by atoms with Gasteiger partial charge >= 0.3 is 12.1 Å². The summed E-state index contributed by atoms with van der Waals surface area (Å²) in [5.41, 5.74) is 0.381. The number of hydrogen-bond donors (Lipinski definition) is 1. The normalized spacial score (nSPS) is 14.6. The molecule has 0 atom stereocenters. The summed E-state index contributed by atoms with van der Waals surface area (Å²) in [4.78, 5) is 20.1. The summed E-state index contributed by atoms with van der Waals surface area (Å²) in [5.74, 6) is -1.29. The van der Waals surface area contributed by atoms with Crippen molar-refractivity contribution in [2.45, 2.75) is 24.9 Å². The highest BCUT2D eigenvalue weighted by Crippen LogP contribution is 2.45. The van der Waals surface area contributed by atoms with E-state index in [1.54, 1.807) is 24.3 Å². The highest BCUT2D eigenvalue weighted by molar-refractivity contribution is 5.97. The van der Waals surface area contributed by atoms with Gasteiger partial charge in [0.1, 0.15) is 5.69 Å². The van der Waals surface area contributed by atoms with Gasteiger partial charge in [-0.25, -0.2) is 19.3 Å². The number of fused-ring (bicyclic) bond motifs is 3. The molecule has 3 heterocycles. The Morgan fingerprint density at radius 1 is 1.10 bits per heavy atom. The number of carboxylic acid groups (broad SMARTS) is 1. The number of pyridine rings is 1.